The molecule has 0 spiro atoms. The average Bonchev–Trinajstić information content (AvgIpc) is 3.15. The molecule has 3 rings (SSSR count). The molecule has 1 N–H and O–H groups in total. The number of carbonyl (C=O) groups is 1. The van der Waals surface area contributed by atoms with Gasteiger partial charge < -0.3 is 9.30 Å². The van der Waals surface area contributed by atoms with Crippen LogP contribution in [0.15, 0.2) is 36.7 Å². The molecule has 0 saturated carbocycles. The zero-order valence-electron chi connectivity index (χ0n) is 13.9. The van der Waals surface area contributed by atoms with Crippen molar-refractivity contribution in [3.05, 3.63) is 42.2 Å². The number of hydrogen-bond donors (Lipinski definition) is 1. The summed E-state index contributed by atoms with van der Waals surface area (Å²) in [5.41, 5.74) is 2.36. The van der Waals surface area contributed by atoms with E-state index in [0.717, 1.165) is 24.0 Å². The van der Waals surface area contributed by atoms with Crippen LogP contribution < -0.4 is 5.32 Å². The normalized spacial score (nSPS) is 11.1. The quantitative estimate of drug-likeness (QED) is 0.677. The topological polar surface area (TPSA) is 74.0 Å². The first-order valence-electron chi connectivity index (χ1n) is 8.02. The van der Waals surface area contributed by atoms with Crippen molar-refractivity contribution < 1.29 is 9.53 Å². The van der Waals surface area contributed by atoms with Gasteiger partial charge in [-0.2, -0.15) is 5.10 Å². The SMILES string of the molecule is CCOCCCn1c(NC(=O)c2cnn(C)c2)nc2ccccc21. The highest BCUT2D eigenvalue weighted by atomic mass is 16.5. The van der Waals surface area contributed by atoms with Crippen LogP contribution in [0.3, 0.4) is 0 Å². The van der Waals surface area contributed by atoms with Crippen LogP contribution in [0.1, 0.15) is 23.7 Å². The van der Waals surface area contributed by atoms with Crippen molar-refractivity contribution in [1.29, 1.82) is 0 Å². The van der Waals surface area contributed by atoms with E-state index in [4.69, 9.17) is 4.74 Å². The van der Waals surface area contributed by atoms with E-state index in [9.17, 15) is 4.79 Å². The Morgan fingerprint density at radius 3 is 2.92 bits per heavy atom. The van der Waals surface area contributed by atoms with E-state index in [1.54, 1.807) is 17.9 Å². The highest BCUT2D eigenvalue weighted by molar-refractivity contribution is 6.03. The van der Waals surface area contributed by atoms with Gasteiger partial charge in [-0.15, -0.1) is 0 Å². The number of amides is 1. The summed E-state index contributed by atoms with van der Waals surface area (Å²) in [5, 5.41) is 6.92. The Labute approximate surface area is 140 Å². The number of carbonyl (C=O) groups excluding carboxylic acids is 1. The molecule has 0 aliphatic carbocycles. The summed E-state index contributed by atoms with van der Waals surface area (Å²) in [7, 11) is 1.78. The van der Waals surface area contributed by atoms with Crippen LogP contribution in [-0.2, 0) is 18.3 Å². The number of aromatic nitrogens is 4. The van der Waals surface area contributed by atoms with Crippen molar-refractivity contribution in [2.45, 2.75) is 19.9 Å². The number of aryl methyl sites for hydroxylation is 2. The third-order valence-corrected chi connectivity index (χ3v) is 3.72. The first-order chi connectivity index (χ1) is 11.7. The molecule has 0 aliphatic rings. The summed E-state index contributed by atoms with van der Waals surface area (Å²) in [5.74, 6) is 0.325. The number of imidazole rings is 1. The smallest absolute Gasteiger partial charge is 0.261 e. The zero-order valence-corrected chi connectivity index (χ0v) is 13.9. The molecule has 0 fully saturated rings. The Bertz CT molecular complexity index is 836. The number of fused-ring (bicyclic) bond motifs is 1. The van der Waals surface area contributed by atoms with Crippen molar-refractivity contribution >= 4 is 22.9 Å². The lowest BCUT2D eigenvalue weighted by Crippen LogP contribution is -2.16. The lowest BCUT2D eigenvalue weighted by atomic mass is 10.3. The van der Waals surface area contributed by atoms with E-state index in [1.165, 1.54) is 6.20 Å². The first kappa shape index (κ1) is 16.2. The van der Waals surface area contributed by atoms with Crippen molar-refractivity contribution in [2.24, 2.45) is 7.05 Å². The van der Waals surface area contributed by atoms with Crippen molar-refractivity contribution in [2.75, 3.05) is 18.5 Å². The van der Waals surface area contributed by atoms with E-state index < -0.39 is 0 Å². The Morgan fingerprint density at radius 2 is 2.17 bits per heavy atom. The number of ether oxygens (including phenoxy) is 1. The number of rotatable bonds is 7. The summed E-state index contributed by atoms with van der Waals surface area (Å²) >= 11 is 0. The lowest BCUT2D eigenvalue weighted by Gasteiger charge is -2.09. The fourth-order valence-corrected chi connectivity index (χ4v) is 2.58. The molecule has 0 bridgehead atoms. The van der Waals surface area contributed by atoms with Crippen LogP contribution in [0.2, 0.25) is 0 Å². The molecule has 126 valence electrons. The predicted octanol–water partition coefficient (Wildman–Crippen LogP) is 2.45. The highest BCUT2D eigenvalue weighted by Gasteiger charge is 2.15. The van der Waals surface area contributed by atoms with E-state index in [1.807, 2.05) is 35.8 Å². The molecule has 0 saturated heterocycles. The predicted molar refractivity (Wildman–Crippen MR) is 92.0 cm³/mol. The van der Waals surface area contributed by atoms with Gasteiger partial charge in [-0.1, -0.05) is 12.1 Å². The number of anilines is 1. The molecule has 2 heterocycles. The van der Waals surface area contributed by atoms with Gasteiger partial charge in [-0.05, 0) is 25.5 Å². The molecule has 24 heavy (non-hydrogen) atoms. The molecular formula is C17H21N5O2. The molecule has 0 aliphatic heterocycles. The van der Waals surface area contributed by atoms with Crippen LogP contribution in [0.5, 0.6) is 0 Å². The summed E-state index contributed by atoms with van der Waals surface area (Å²) in [6.07, 6.45) is 4.07. The lowest BCUT2D eigenvalue weighted by molar-refractivity contribution is 0.102. The molecule has 0 unspecified atom stereocenters. The van der Waals surface area contributed by atoms with Gasteiger partial charge in [0.2, 0.25) is 5.95 Å². The van der Waals surface area contributed by atoms with Crippen molar-refractivity contribution in [3.63, 3.8) is 0 Å². The van der Waals surface area contributed by atoms with Crippen LogP contribution in [0.4, 0.5) is 5.95 Å². The fraction of sp³-hybridized carbons (Fsp3) is 0.353. The van der Waals surface area contributed by atoms with Gasteiger partial charge in [0.05, 0.1) is 22.8 Å². The third kappa shape index (κ3) is 3.46. The van der Waals surface area contributed by atoms with Gasteiger partial charge in [-0.3, -0.25) is 14.8 Å². The Hall–Kier alpha value is -2.67. The standard InChI is InChI=1S/C17H21N5O2/c1-3-24-10-6-9-22-15-8-5-4-7-14(15)19-17(22)20-16(23)13-11-18-21(2)12-13/h4-5,7-8,11-12H,3,6,9-10H2,1-2H3,(H,19,20,23). The summed E-state index contributed by atoms with van der Waals surface area (Å²) in [4.78, 5) is 16.9. The zero-order chi connectivity index (χ0) is 16.9. The molecule has 0 atom stereocenters. The molecule has 0 radical (unpaired) electrons. The largest absolute Gasteiger partial charge is 0.382 e. The van der Waals surface area contributed by atoms with Crippen molar-refractivity contribution in [1.82, 2.24) is 19.3 Å². The van der Waals surface area contributed by atoms with Gasteiger partial charge in [0.25, 0.3) is 5.91 Å². The number of hydrogen-bond acceptors (Lipinski definition) is 4. The van der Waals surface area contributed by atoms with E-state index in [-0.39, 0.29) is 5.91 Å². The summed E-state index contributed by atoms with van der Waals surface area (Å²) < 4.78 is 9.02. The van der Waals surface area contributed by atoms with Gasteiger partial charge in [0.15, 0.2) is 0 Å². The number of para-hydroxylation sites is 2. The fourth-order valence-electron chi connectivity index (χ4n) is 2.58. The maximum atomic E-state index is 12.4. The molecule has 1 amide bonds. The first-order valence-corrected chi connectivity index (χ1v) is 8.02. The van der Waals surface area contributed by atoms with E-state index >= 15 is 0 Å². The number of nitrogens with one attached hydrogen (secondary N) is 1. The molecular weight excluding hydrogens is 306 g/mol. The molecule has 7 nitrogen and oxygen atoms in total. The summed E-state index contributed by atoms with van der Waals surface area (Å²) in [6.45, 7) is 4.09. The molecule has 7 heteroatoms. The minimum Gasteiger partial charge on any atom is -0.382 e. The van der Waals surface area contributed by atoms with Gasteiger partial charge in [0.1, 0.15) is 0 Å². The Kier molecular flexibility index (Phi) is 4.90. The van der Waals surface area contributed by atoms with Crippen LogP contribution in [-0.4, -0.2) is 38.5 Å². The Balaban J connectivity index is 1.84. The molecule has 3 aromatic rings. The van der Waals surface area contributed by atoms with Crippen LogP contribution in [0.25, 0.3) is 11.0 Å². The summed E-state index contributed by atoms with van der Waals surface area (Å²) in [6, 6.07) is 7.85. The molecule has 1 aromatic carbocycles. The monoisotopic (exact) mass is 327 g/mol. The average molecular weight is 327 g/mol. The minimum atomic E-state index is -0.218. The van der Waals surface area contributed by atoms with E-state index in [0.29, 0.717) is 24.7 Å². The second-order valence-corrected chi connectivity index (χ2v) is 5.48. The van der Waals surface area contributed by atoms with Crippen LogP contribution in [0, 0.1) is 0 Å². The van der Waals surface area contributed by atoms with Crippen molar-refractivity contribution in [3.8, 4) is 0 Å². The van der Waals surface area contributed by atoms with Gasteiger partial charge in [-0.25, -0.2) is 4.98 Å². The highest BCUT2D eigenvalue weighted by Crippen LogP contribution is 2.20. The van der Waals surface area contributed by atoms with E-state index in [2.05, 4.69) is 15.4 Å². The number of benzene rings is 1. The second-order valence-electron chi connectivity index (χ2n) is 5.48. The third-order valence-electron chi connectivity index (χ3n) is 3.72. The molecule has 2 aromatic heterocycles. The maximum Gasteiger partial charge on any atom is 0.261 e. The van der Waals surface area contributed by atoms with Gasteiger partial charge >= 0.3 is 0 Å². The number of nitrogens with zero attached hydrogens (tertiary/aromatic N) is 4. The van der Waals surface area contributed by atoms with Gasteiger partial charge in [0, 0.05) is 33.0 Å². The van der Waals surface area contributed by atoms with Crippen LogP contribution >= 0.6 is 0 Å². The Morgan fingerprint density at radius 1 is 1.33 bits per heavy atom. The second kappa shape index (κ2) is 7.27. The minimum absolute atomic E-state index is 0.218. The maximum absolute atomic E-state index is 12.4.